The molecule has 126 valence electrons. The topological polar surface area (TPSA) is 93.2 Å². The number of nitrogens with two attached hydrogens (primary N) is 1. The van der Waals surface area contributed by atoms with E-state index in [0.717, 1.165) is 31.6 Å². The van der Waals surface area contributed by atoms with Gasteiger partial charge in [0.05, 0.1) is 23.0 Å². The van der Waals surface area contributed by atoms with Gasteiger partial charge in [0.15, 0.2) is 0 Å². The number of aryl methyl sites for hydroxylation is 1. The molecule has 2 heterocycles. The fourth-order valence-corrected chi connectivity index (χ4v) is 2.96. The summed E-state index contributed by atoms with van der Waals surface area (Å²) in [6, 6.07) is 5.19. The van der Waals surface area contributed by atoms with Crippen molar-refractivity contribution in [1.82, 2.24) is 9.78 Å². The Balaban J connectivity index is 1.86. The number of anilines is 2. The molecule has 1 aliphatic heterocycles. The molecule has 3 N–H and O–H groups in total. The average Bonchev–Trinajstić information content (AvgIpc) is 3.02. The molecule has 7 heteroatoms. The summed E-state index contributed by atoms with van der Waals surface area (Å²) < 4.78 is 1.57. The lowest BCUT2D eigenvalue weighted by atomic mass is 10.1. The molecule has 1 saturated heterocycles. The van der Waals surface area contributed by atoms with Crippen LogP contribution in [0, 0.1) is 0 Å². The third-order valence-electron chi connectivity index (χ3n) is 4.18. The van der Waals surface area contributed by atoms with Crippen molar-refractivity contribution in [2.45, 2.75) is 19.3 Å². The van der Waals surface area contributed by atoms with Crippen molar-refractivity contribution < 1.29 is 9.59 Å². The molecule has 1 aliphatic rings. The van der Waals surface area contributed by atoms with Crippen LogP contribution in [-0.2, 0) is 7.05 Å². The molecule has 0 radical (unpaired) electrons. The fourth-order valence-electron chi connectivity index (χ4n) is 2.96. The first-order valence-electron chi connectivity index (χ1n) is 8.03. The molecule has 3 rings (SSSR count). The van der Waals surface area contributed by atoms with E-state index in [1.165, 1.54) is 12.6 Å². The average molecular weight is 327 g/mol. The molecular weight excluding hydrogens is 306 g/mol. The first-order chi connectivity index (χ1) is 11.5. The predicted octanol–water partition coefficient (Wildman–Crippen LogP) is 1.76. The number of piperidine rings is 1. The number of hydrogen-bond acceptors (Lipinski definition) is 4. The Labute approximate surface area is 140 Å². The minimum Gasteiger partial charge on any atom is -0.371 e. The van der Waals surface area contributed by atoms with Gasteiger partial charge in [0.1, 0.15) is 0 Å². The SMILES string of the molecule is Cn1cc(C(=O)Nc2ccc(C(N)=O)c(N3CCCCC3)c2)cn1. The highest BCUT2D eigenvalue weighted by atomic mass is 16.2. The molecule has 0 unspecified atom stereocenters. The number of rotatable bonds is 4. The van der Waals surface area contributed by atoms with Crippen molar-refractivity contribution >= 4 is 23.2 Å². The lowest BCUT2D eigenvalue weighted by Gasteiger charge is -2.30. The highest BCUT2D eigenvalue weighted by Crippen LogP contribution is 2.27. The highest BCUT2D eigenvalue weighted by molar-refractivity contribution is 6.05. The second-order valence-electron chi connectivity index (χ2n) is 6.00. The molecule has 0 atom stereocenters. The van der Waals surface area contributed by atoms with Crippen molar-refractivity contribution in [1.29, 1.82) is 0 Å². The summed E-state index contributed by atoms with van der Waals surface area (Å²) in [5.74, 6) is -0.694. The molecule has 0 aliphatic carbocycles. The van der Waals surface area contributed by atoms with E-state index < -0.39 is 5.91 Å². The van der Waals surface area contributed by atoms with Crippen molar-refractivity contribution in [2.75, 3.05) is 23.3 Å². The zero-order chi connectivity index (χ0) is 17.1. The number of carbonyl (C=O) groups is 2. The van der Waals surface area contributed by atoms with Gasteiger partial charge in [0, 0.05) is 32.0 Å². The van der Waals surface area contributed by atoms with Gasteiger partial charge in [-0.25, -0.2) is 0 Å². The molecule has 2 aromatic rings. The fraction of sp³-hybridized carbons (Fsp3) is 0.353. The van der Waals surface area contributed by atoms with Crippen molar-refractivity contribution in [2.24, 2.45) is 12.8 Å². The monoisotopic (exact) mass is 327 g/mol. The molecule has 1 aromatic carbocycles. The summed E-state index contributed by atoms with van der Waals surface area (Å²) in [5, 5.41) is 6.84. The molecule has 0 saturated carbocycles. The third kappa shape index (κ3) is 3.40. The predicted molar refractivity (Wildman–Crippen MR) is 92.2 cm³/mol. The summed E-state index contributed by atoms with van der Waals surface area (Å²) >= 11 is 0. The molecule has 0 spiro atoms. The van der Waals surface area contributed by atoms with E-state index in [2.05, 4.69) is 15.3 Å². The van der Waals surface area contributed by atoms with Crippen LogP contribution in [0.4, 0.5) is 11.4 Å². The van der Waals surface area contributed by atoms with Gasteiger partial charge in [-0.15, -0.1) is 0 Å². The quantitative estimate of drug-likeness (QED) is 0.895. The number of primary amides is 1. The Morgan fingerprint density at radius 3 is 2.58 bits per heavy atom. The van der Waals surface area contributed by atoms with Crippen LogP contribution in [-0.4, -0.2) is 34.7 Å². The first kappa shape index (κ1) is 16.0. The summed E-state index contributed by atoms with van der Waals surface area (Å²) in [6.07, 6.45) is 6.53. The van der Waals surface area contributed by atoms with Gasteiger partial charge in [-0.2, -0.15) is 5.10 Å². The molecule has 1 fully saturated rings. The largest absolute Gasteiger partial charge is 0.371 e. The maximum atomic E-state index is 12.3. The van der Waals surface area contributed by atoms with Crippen LogP contribution in [0.2, 0.25) is 0 Å². The smallest absolute Gasteiger partial charge is 0.258 e. The zero-order valence-corrected chi connectivity index (χ0v) is 13.7. The van der Waals surface area contributed by atoms with Crippen LogP contribution in [0.25, 0.3) is 0 Å². The van der Waals surface area contributed by atoms with Gasteiger partial charge in [-0.3, -0.25) is 14.3 Å². The molecule has 1 aromatic heterocycles. The van der Waals surface area contributed by atoms with Gasteiger partial charge >= 0.3 is 0 Å². The van der Waals surface area contributed by atoms with Gasteiger partial charge in [-0.05, 0) is 37.5 Å². The molecule has 7 nitrogen and oxygen atoms in total. The summed E-state index contributed by atoms with van der Waals surface area (Å²) in [5.41, 5.74) is 7.88. The Morgan fingerprint density at radius 1 is 1.21 bits per heavy atom. The van der Waals surface area contributed by atoms with E-state index in [4.69, 9.17) is 5.73 Å². The number of benzene rings is 1. The van der Waals surface area contributed by atoms with Crippen LogP contribution in [0.1, 0.15) is 40.0 Å². The maximum Gasteiger partial charge on any atom is 0.258 e. The lowest BCUT2D eigenvalue weighted by Crippen LogP contribution is -2.31. The zero-order valence-electron chi connectivity index (χ0n) is 13.7. The number of nitrogens with one attached hydrogen (secondary N) is 1. The van der Waals surface area contributed by atoms with E-state index in [-0.39, 0.29) is 5.91 Å². The summed E-state index contributed by atoms with van der Waals surface area (Å²) in [6.45, 7) is 1.78. The number of nitrogens with zero attached hydrogens (tertiary/aromatic N) is 3. The van der Waals surface area contributed by atoms with Gasteiger partial charge in [0.2, 0.25) is 0 Å². The third-order valence-corrected chi connectivity index (χ3v) is 4.18. The van der Waals surface area contributed by atoms with Crippen LogP contribution in [0.5, 0.6) is 0 Å². The van der Waals surface area contributed by atoms with Gasteiger partial charge < -0.3 is 16.0 Å². The number of aromatic nitrogens is 2. The van der Waals surface area contributed by atoms with Crippen LogP contribution < -0.4 is 16.0 Å². The van der Waals surface area contributed by atoms with E-state index >= 15 is 0 Å². The van der Waals surface area contributed by atoms with Gasteiger partial charge in [-0.1, -0.05) is 0 Å². The van der Waals surface area contributed by atoms with Crippen molar-refractivity contribution in [3.8, 4) is 0 Å². The van der Waals surface area contributed by atoms with E-state index in [0.29, 0.717) is 16.8 Å². The molecule has 2 amide bonds. The highest BCUT2D eigenvalue weighted by Gasteiger charge is 2.18. The number of carbonyl (C=O) groups excluding carboxylic acids is 2. The minimum absolute atomic E-state index is 0.237. The number of hydrogen-bond donors (Lipinski definition) is 2. The Kier molecular flexibility index (Phi) is 4.50. The number of amides is 2. The second kappa shape index (κ2) is 6.74. The van der Waals surface area contributed by atoms with Crippen molar-refractivity contribution in [3.05, 3.63) is 41.7 Å². The van der Waals surface area contributed by atoms with Crippen LogP contribution in [0.3, 0.4) is 0 Å². The minimum atomic E-state index is -0.458. The molecule has 0 bridgehead atoms. The first-order valence-corrected chi connectivity index (χ1v) is 8.03. The Morgan fingerprint density at radius 2 is 1.96 bits per heavy atom. The van der Waals surface area contributed by atoms with Gasteiger partial charge in [0.25, 0.3) is 11.8 Å². The van der Waals surface area contributed by atoms with E-state index in [1.54, 1.807) is 30.1 Å². The van der Waals surface area contributed by atoms with E-state index in [9.17, 15) is 9.59 Å². The molecular formula is C17H21N5O2. The summed E-state index contributed by atoms with van der Waals surface area (Å²) in [7, 11) is 1.76. The maximum absolute atomic E-state index is 12.3. The summed E-state index contributed by atoms with van der Waals surface area (Å²) in [4.78, 5) is 26.1. The van der Waals surface area contributed by atoms with E-state index in [1.807, 2.05) is 6.07 Å². The lowest BCUT2D eigenvalue weighted by molar-refractivity contribution is 0.0998. The van der Waals surface area contributed by atoms with Crippen LogP contribution >= 0.6 is 0 Å². The Hall–Kier alpha value is -2.83. The van der Waals surface area contributed by atoms with Crippen LogP contribution in [0.15, 0.2) is 30.6 Å². The second-order valence-corrected chi connectivity index (χ2v) is 6.00. The standard InChI is InChI=1S/C17H21N5O2/c1-21-11-12(10-19-21)17(24)20-13-5-6-14(16(18)23)15(9-13)22-7-3-2-4-8-22/h5-6,9-11H,2-4,7-8H2,1H3,(H2,18,23)(H,20,24). The van der Waals surface area contributed by atoms with Crippen molar-refractivity contribution in [3.63, 3.8) is 0 Å². The Bertz CT molecular complexity index is 762. The normalized spacial score (nSPS) is 14.5. The molecule has 24 heavy (non-hydrogen) atoms.